The summed E-state index contributed by atoms with van der Waals surface area (Å²) < 4.78 is 40.6. The largest absolute Gasteiger partial charge is 0.484 e. The lowest BCUT2D eigenvalue weighted by Gasteiger charge is -2.14. The molecule has 2 rings (SSSR count). The van der Waals surface area contributed by atoms with E-state index in [2.05, 4.69) is 17.0 Å². The maximum atomic E-state index is 12.0. The molecule has 0 aromatic heterocycles. The van der Waals surface area contributed by atoms with Crippen LogP contribution in [0.5, 0.6) is 5.75 Å². The Balaban J connectivity index is 1.84. The molecular formula is C13H16F3NOS. The lowest BCUT2D eigenvalue weighted by Crippen LogP contribution is -2.19. The summed E-state index contributed by atoms with van der Waals surface area (Å²) >= 11 is 1.93. The first kappa shape index (κ1) is 14.4. The van der Waals surface area contributed by atoms with Crippen LogP contribution in [0.25, 0.3) is 0 Å². The number of halogens is 3. The molecule has 1 heterocycles. The first-order chi connectivity index (χ1) is 8.92. The summed E-state index contributed by atoms with van der Waals surface area (Å²) in [6.07, 6.45) is -3.19. The Kier molecular flexibility index (Phi) is 4.50. The molecule has 1 N–H and O–H groups in total. The molecule has 0 aliphatic carbocycles. The molecule has 0 radical (unpaired) electrons. The summed E-state index contributed by atoms with van der Waals surface area (Å²) in [5.74, 6) is 1.30. The Labute approximate surface area is 114 Å². The van der Waals surface area contributed by atoms with Crippen molar-refractivity contribution in [3.63, 3.8) is 0 Å². The Morgan fingerprint density at radius 2 is 2.00 bits per heavy atom. The number of ether oxygens (including phenoxy) is 1. The number of rotatable bonds is 4. The zero-order chi connectivity index (χ0) is 13.9. The van der Waals surface area contributed by atoms with Crippen LogP contribution < -0.4 is 10.1 Å². The number of hydrogen-bond acceptors (Lipinski definition) is 3. The van der Waals surface area contributed by atoms with Crippen molar-refractivity contribution in [1.29, 1.82) is 0 Å². The smallest absolute Gasteiger partial charge is 0.422 e. The maximum absolute atomic E-state index is 12.0. The van der Waals surface area contributed by atoms with Crippen LogP contribution in [0.15, 0.2) is 24.3 Å². The molecule has 1 aromatic rings. The van der Waals surface area contributed by atoms with Crippen molar-refractivity contribution < 1.29 is 17.9 Å². The van der Waals surface area contributed by atoms with Crippen molar-refractivity contribution in [1.82, 2.24) is 0 Å². The summed E-state index contributed by atoms with van der Waals surface area (Å²) in [6, 6.07) is 7.04. The van der Waals surface area contributed by atoms with Crippen molar-refractivity contribution >= 4 is 17.4 Å². The molecule has 2 nitrogen and oxygen atoms in total. The minimum absolute atomic E-state index is 0.233. The highest BCUT2D eigenvalue weighted by atomic mass is 32.2. The van der Waals surface area contributed by atoms with Gasteiger partial charge in [0.25, 0.3) is 0 Å². The molecule has 106 valence electrons. The van der Waals surface area contributed by atoms with Crippen LogP contribution in [0.3, 0.4) is 0 Å². The second-order valence-electron chi connectivity index (χ2n) is 4.65. The molecular weight excluding hydrogens is 275 g/mol. The minimum atomic E-state index is -4.30. The first-order valence-corrected chi connectivity index (χ1v) is 7.15. The normalized spacial score (nSPS) is 23.4. The molecule has 6 heteroatoms. The predicted molar refractivity (Wildman–Crippen MR) is 71.9 cm³/mol. The van der Waals surface area contributed by atoms with E-state index >= 15 is 0 Å². The monoisotopic (exact) mass is 291 g/mol. The minimum Gasteiger partial charge on any atom is -0.484 e. The topological polar surface area (TPSA) is 21.3 Å². The standard InChI is InChI=1S/C13H16F3NOS/c1-9-6-11(7-19-9)17-10-2-4-12(5-3-10)18-8-13(14,15)16/h2-5,9,11,17H,6-8H2,1H3. The van der Waals surface area contributed by atoms with Gasteiger partial charge in [0.15, 0.2) is 6.61 Å². The molecule has 0 spiro atoms. The van der Waals surface area contributed by atoms with Crippen molar-refractivity contribution in [3.05, 3.63) is 24.3 Å². The van der Waals surface area contributed by atoms with E-state index in [-0.39, 0.29) is 5.75 Å². The highest BCUT2D eigenvalue weighted by molar-refractivity contribution is 8.00. The third-order valence-corrected chi connectivity index (χ3v) is 4.18. The van der Waals surface area contributed by atoms with Gasteiger partial charge in [0.05, 0.1) is 0 Å². The molecule has 1 aliphatic heterocycles. The van der Waals surface area contributed by atoms with Crippen LogP contribution in [0, 0.1) is 0 Å². The Morgan fingerprint density at radius 1 is 1.32 bits per heavy atom. The van der Waals surface area contributed by atoms with Gasteiger partial charge in [-0.2, -0.15) is 24.9 Å². The first-order valence-electron chi connectivity index (χ1n) is 6.10. The summed E-state index contributed by atoms with van der Waals surface area (Å²) in [5.41, 5.74) is 0.916. The second kappa shape index (κ2) is 5.94. The van der Waals surface area contributed by atoms with Crippen molar-refractivity contribution in [2.75, 3.05) is 17.7 Å². The zero-order valence-electron chi connectivity index (χ0n) is 10.5. The lowest BCUT2D eigenvalue weighted by molar-refractivity contribution is -0.153. The maximum Gasteiger partial charge on any atom is 0.422 e. The molecule has 0 saturated carbocycles. The van der Waals surface area contributed by atoms with E-state index in [1.807, 2.05) is 11.8 Å². The van der Waals surface area contributed by atoms with E-state index in [9.17, 15) is 13.2 Å². The number of alkyl halides is 3. The fraction of sp³-hybridized carbons (Fsp3) is 0.538. The van der Waals surface area contributed by atoms with Crippen LogP contribution in [-0.4, -0.2) is 29.8 Å². The molecule has 0 amide bonds. The van der Waals surface area contributed by atoms with Gasteiger partial charge in [-0.3, -0.25) is 0 Å². The van der Waals surface area contributed by atoms with Crippen molar-refractivity contribution in [3.8, 4) is 5.75 Å². The van der Waals surface area contributed by atoms with Gasteiger partial charge in [-0.15, -0.1) is 0 Å². The fourth-order valence-electron chi connectivity index (χ4n) is 1.97. The van der Waals surface area contributed by atoms with Crippen LogP contribution in [0.4, 0.5) is 18.9 Å². The molecule has 19 heavy (non-hydrogen) atoms. The lowest BCUT2D eigenvalue weighted by atomic mass is 10.2. The average molecular weight is 291 g/mol. The molecule has 2 atom stereocenters. The van der Waals surface area contributed by atoms with Gasteiger partial charge in [-0.05, 0) is 30.7 Å². The number of anilines is 1. The highest BCUT2D eigenvalue weighted by Gasteiger charge is 2.28. The number of nitrogens with one attached hydrogen (secondary N) is 1. The summed E-state index contributed by atoms with van der Waals surface area (Å²) in [6.45, 7) is 0.941. The van der Waals surface area contributed by atoms with Crippen molar-refractivity contribution in [2.24, 2.45) is 0 Å². The molecule has 2 unspecified atom stereocenters. The number of thioether (sulfide) groups is 1. The molecule has 1 saturated heterocycles. The second-order valence-corrected chi connectivity index (χ2v) is 6.12. The van der Waals surface area contributed by atoms with Gasteiger partial charge >= 0.3 is 6.18 Å². The fourth-order valence-corrected chi connectivity index (χ4v) is 3.11. The van der Waals surface area contributed by atoms with Gasteiger partial charge in [0.2, 0.25) is 0 Å². The van der Waals surface area contributed by atoms with E-state index in [0.717, 1.165) is 17.9 Å². The molecule has 0 bridgehead atoms. The highest BCUT2D eigenvalue weighted by Crippen LogP contribution is 2.29. The van der Waals surface area contributed by atoms with E-state index in [0.29, 0.717) is 11.3 Å². The Morgan fingerprint density at radius 3 is 2.53 bits per heavy atom. The van der Waals surface area contributed by atoms with Gasteiger partial charge in [0.1, 0.15) is 5.75 Å². The van der Waals surface area contributed by atoms with Gasteiger partial charge in [-0.25, -0.2) is 0 Å². The Hall–Kier alpha value is -1.04. The zero-order valence-corrected chi connectivity index (χ0v) is 11.4. The average Bonchev–Trinajstić information content (AvgIpc) is 2.73. The molecule has 1 fully saturated rings. The predicted octanol–water partition coefficient (Wildman–Crippen LogP) is 3.93. The van der Waals surface area contributed by atoms with Gasteiger partial charge in [0, 0.05) is 22.7 Å². The third kappa shape index (κ3) is 4.86. The summed E-state index contributed by atoms with van der Waals surface area (Å²) in [5, 5.41) is 4.03. The van der Waals surface area contributed by atoms with E-state index in [4.69, 9.17) is 0 Å². The summed E-state index contributed by atoms with van der Waals surface area (Å²) in [4.78, 5) is 0. The van der Waals surface area contributed by atoms with Crippen LogP contribution >= 0.6 is 11.8 Å². The SMILES string of the molecule is CC1CC(Nc2ccc(OCC(F)(F)F)cc2)CS1. The molecule has 1 aliphatic rings. The number of benzene rings is 1. The van der Waals surface area contributed by atoms with Crippen LogP contribution in [0.2, 0.25) is 0 Å². The van der Waals surface area contributed by atoms with Crippen LogP contribution in [0.1, 0.15) is 13.3 Å². The quantitative estimate of drug-likeness (QED) is 0.908. The van der Waals surface area contributed by atoms with E-state index < -0.39 is 12.8 Å². The van der Waals surface area contributed by atoms with E-state index in [1.54, 1.807) is 24.3 Å². The van der Waals surface area contributed by atoms with Gasteiger partial charge < -0.3 is 10.1 Å². The van der Waals surface area contributed by atoms with Crippen molar-refractivity contribution in [2.45, 2.75) is 30.8 Å². The van der Waals surface area contributed by atoms with Crippen LogP contribution in [-0.2, 0) is 0 Å². The molecule has 1 aromatic carbocycles. The van der Waals surface area contributed by atoms with Gasteiger partial charge in [-0.1, -0.05) is 6.92 Å². The number of hydrogen-bond donors (Lipinski definition) is 1. The van der Waals surface area contributed by atoms with E-state index in [1.165, 1.54) is 0 Å². The third-order valence-electron chi connectivity index (χ3n) is 2.83. The Bertz CT molecular complexity index is 407. The summed E-state index contributed by atoms with van der Waals surface area (Å²) in [7, 11) is 0.